The zero-order valence-corrected chi connectivity index (χ0v) is 25.3. The molecule has 8 nitrogen and oxygen atoms in total. The molecule has 0 spiro atoms. The Bertz CT molecular complexity index is 1180. The molecule has 0 aromatic heterocycles. The number of carbonyl (C=O) groups is 3. The van der Waals surface area contributed by atoms with Crippen molar-refractivity contribution in [1.29, 1.82) is 0 Å². The molecule has 0 bridgehead atoms. The Morgan fingerprint density at radius 2 is 1.73 bits per heavy atom. The van der Waals surface area contributed by atoms with E-state index in [1.54, 1.807) is 4.90 Å². The molecule has 0 radical (unpaired) electrons. The summed E-state index contributed by atoms with van der Waals surface area (Å²) in [6, 6.07) is 13.8. The third-order valence-corrected chi connectivity index (χ3v) is 7.26. The fraction of sp³-hybridized carbons (Fsp3) is 0.594. The van der Waals surface area contributed by atoms with E-state index in [-0.39, 0.29) is 23.2 Å². The maximum absolute atomic E-state index is 13.2. The van der Waals surface area contributed by atoms with Crippen molar-refractivity contribution < 1.29 is 28.6 Å². The molecule has 1 saturated carbocycles. The van der Waals surface area contributed by atoms with Gasteiger partial charge in [0.25, 0.3) is 6.47 Å². The first-order valence-corrected chi connectivity index (χ1v) is 14.2. The van der Waals surface area contributed by atoms with E-state index in [0.717, 1.165) is 23.8 Å². The van der Waals surface area contributed by atoms with Gasteiger partial charge in [0, 0.05) is 12.0 Å². The number of hydrogen-bond acceptors (Lipinski definition) is 6. The van der Waals surface area contributed by atoms with E-state index in [4.69, 9.17) is 9.47 Å². The Labute approximate surface area is 238 Å². The largest absolute Gasteiger partial charge is 0.462 e. The summed E-state index contributed by atoms with van der Waals surface area (Å²) in [6.07, 6.45) is 1.78. The average molecular weight is 555 g/mol. The summed E-state index contributed by atoms with van der Waals surface area (Å²) in [7, 11) is 0. The van der Waals surface area contributed by atoms with E-state index in [2.05, 4.69) is 48.2 Å². The predicted octanol–water partition coefficient (Wildman–Crippen LogP) is 6.00. The molecule has 1 heterocycles. The van der Waals surface area contributed by atoms with Crippen LogP contribution < -0.4 is 5.32 Å². The quantitative estimate of drug-likeness (QED) is 0.422. The van der Waals surface area contributed by atoms with Crippen LogP contribution in [0.3, 0.4) is 0 Å². The highest BCUT2D eigenvalue weighted by Crippen LogP contribution is 2.45. The minimum Gasteiger partial charge on any atom is -0.462 e. The smallest absolute Gasteiger partial charge is 0.411 e. The first-order chi connectivity index (χ1) is 18.7. The summed E-state index contributed by atoms with van der Waals surface area (Å²) >= 11 is 0. The summed E-state index contributed by atoms with van der Waals surface area (Å²) in [5.74, 6) is 0.381. The van der Waals surface area contributed by atoms with Crippen LogP contribution in [-0.2, 0) is 30.4 Å². The van der Waals surface area contributed by atoms with Gasteiger partial charge in [0.05, 0.1) is 19.3 Å². The minimum atomic E-state index is -0.629. The van der Waals surface area contributed by atoms with Crippen molar-refractivity contribution in [2.45, 2.75) is 110 Å². The van der Waals surface area contributed by atoms with Gasteiger partial charge in [-0.05, 0) is 77.1 Å². The molecule has 2 amide bonds. The van der Waals surface area contributed by atoms with Gasteiger partial charge in [-0.15, -0.1) is 0 Å². The van der Waals surface area contributed by atoms with Crippen molar-refractivity contribution in [3.05, 3.63) is 48.0 Å². The molecule has 1 N–H and O–H groups in total. The zero-order valence-electron chi connectivity index (χ0n) is 25.3. The number of carbonyl (C=O) groups excluding carboxylic acids is 3. The van der Waals surface area contributed by atoms with E-state index in [1.807, 2.05) is 59.7 Å². The summed E-state index contributed by atoms with van der Waals surface area (Å²) in [5.41, 5.74) is -0.0219. The van der Waals surface area contributed by atoms with Gasteiger partial charge in [-0.1, -0.05) is 55.8 Å². The zero-order chi connectivity index (χ0) is 29.7. The van der Waals surface area contributed by atoms with Crippen molar-refractivity contribution in [3.63, 3.8) is 0 Å². The highest BCUT2D eigenvalue weighted by Gasteiger charge is 2.52. The van der Waals surface area contributed by atoms with Crippen molar-refractivity contribution in [2.24, 2.45) is 5.92 Å². The number of ether oxygens (including phenoxy) is 3. The topological polar surface area (TPSA) is 94.2 Å². The molecule has 2 fully saturated rings. The van der Waals surface area contributed by atoms with Crippen LogP contribution in [0.2, 0.25) is 0 Å². The maximum Gasteiger partial charge on any atom is 0.411 e. The molecule has 1 unspecified atom stereocenters. The summed E-state index contributed by atoms with van der Waals surface area (Å²) in [4.78, 5) is 37.3. The maximum atomic E-state index is 13.2. The van der Waals surface area contributed by atoms with E-state index >= 15 is 0 Å². The molecule has 4 atom stereocenters. The van der Waals surface area contributed by atoms with E-state index in [0.29, 0.717) is 32.0 Å². The van der Waals surface area contributed by atoms with Crippen molar-refractivity contribution in [1.82, 2.24) is 10.2 Å². The van der Waals surface area contributed by atoms with Crippen molar-refractivity contribution in [2.75, 3.05) is 6.54 Å². The van der Waals surface area contributed by atoms with Crippen molar-refractivity contribution >= 4 is 29.2 Å². The average Bonchev–Trinajstić information content (AvgIpc) is 3.30. The van der Waals surface area contributed by atoms with Crippen LogP contribution in [0.15, 0.2) is 42.5 Å². The Kier molecular flexibility index (Phi) is 9.88. The number of hydrogen-bond donors (Lipinski definition) is 1. The number of fused-ring (bicyclic) bond motifs is 1. The summed E-state index contributed by atoms with van der Waals surface area (Å²) in [6.45, 7) is 16.4. The number of amides is 2. The van der Waals surface area contributed by atoms with Crippen LogP contribution in [0.1, 0.15) is 80.2 Å². The lowest BCUT2D eigenvalue weighted by atomic mass is 10.1. The monoisotopic (exact) mass is 554 g/mol. The number of rotatable bonds is 7. The Morgan fingerprint density at radius 1 is 1.05 bits per heavy atom. The Balaban J connectivity index is 0.000000559. The van der Waals surface area contributed by atoms with Gasteiger partial charge in [0.2, 0.25) is 5.91 Å². The fourth-order valence-corrected chi connectivity index (χ4v) is 5.03. The molecule has 1 saturated heterocycles. The van der Waals surface area contributed by atoms with Gasteiger partial charge in [-0.25, -0.2) is 4.79 Å². The van der Waals surface area contributed by atoms with Gasteiger partial charge in [0.1, 0.15) is 17.2 Å². The second-order valence-electron chi connectivity index (χ2n) is 13.0. The van der Waals surface area contributed by atoms with Gasteiger partial charge in [0.15, 0.2) is 0 Å². The highest BCUT2D eigenvalue weighted by molar-refractivity contribution is 5.87. The van der Waals surface area contributed by atoms with Crippen LogP contribution in [0, 0.1) is 5.92 Å². The number of nitrogens with one attached hydrogen (secondary N) is 1. The summed E-state index contributed by atoms with van der Waals surface area (Å²) in [5, 5.41) is 5.52. The van der Waals surface area contributed by atoms with Crippen LogP contribution in [-0.4, -0.2) is 58.8 Å². The predicted molar refractivity (Wildman–Crippen MR) is 156 cm³/mol. The minimum absolute atomic E-state index is 0.115. The standard InChI is InChI=1S/C27H36N2O4.C5H10O2/c1-6-20-15-27(20,5)28-24(30)23-14-21(16-29(23)25(31)33-26(2,3)4)32-17-19-12-9-11-18-10-7-8-13-22(18)19;1-5(2,3)7-4-6/h7-13,20-21,23H,6,14-17H2,1-5H3,(H,28,30);4H,1-3H3/t20-,21+,23?,27-;/m0./s1. The lowest BCUT2D eigenvalue weighted by molar-refractivity contribution is -0.138. The molecule has 4 rings (SSSR count). The lowest BCUT2D eigenvalue weighted by Gasteiger charge is -2.28. The molecule has 2 aromatic rings. The molecule has 8 heteroatoms. The second kappa shape index (κ2) is 12.6. The number of likely N-dealkylation sites (tertiary alicyclic amines) is 1. The van der Waals surface area contributed by atoms with Crippen LogP contribution >= 0.6 is 0 Å². The molecule has 1 aliphatic carbocycles. The van der Waals surface area contributed by atoms with Gasteiger partial charge < -0.3 is 19.5 Å². The highest BCUT2D eigenvalue weighted by atomic mass is 16.6. The second-order valence-corrected chi connectivity index (χ2v) is 13.0. The molecule has 2 aliphatic rings. The molecule has 1 aliphatic heterocycles. The van der Waals surface area contributed by atoms with Crippen molar-refractivity contribution in [3.8, 4) is 0 Å². The Morgan fingerprint density at radius 3 is 2.30 bits per heavy atom. The molecular weight excluding hydrogens is 508 g/mol. The molecule has 2 aromatic carbocycles. The van der Waals surface area contributed by atoms with Crippen LogP contribution in [0.4, 0.5) is 4.79 Å². The fourth-order valence-electron chi connectivity index (χ4n) is 5.03. The Hall–Kier alpha value is -3.13. The molecular formula is C32H46N2O6. The first kappa shape index (κ1) is 31.4. The third kappa shape index (κ3) is 8.68. The van der Waals surface area contributed by atoms with Gasteiger partial charge in [-0.2, -0.15) is 0 Å². The van der Waals surface area contributed by atoms with Crippen LogP contribution in [0.25, 0.3) is 10.8 Å². The molecule has 220 valence electrons. The number of nitrogens with zero attached hydrogens (tertiary/aromatic N) is 1. The molecule has 40 heavy (non-hydrogen) atoms. The lowest BCUT2D eigenvalue weighted by Crippen LogP contribution is -2.50. The van der Waals surface area contributed by atoms with Crippen LogP contribution in [0.5, 0.6) is 0 Å². The van der Waals surface area contributed by atoms with E-state index in [9.17, 15) is 14.4 Å². The number of benzene rings is 2. The van der Waals surface area contributed by atoms with Gasteiger partial charge in [-0.3, -0.25) is 14.5 Å². The third-order valence-electron chi connectivity index (χ3n) is 7.26. The van der Waals surface area contributed by atoms with E-state index < -0.39 is 17.7 Å². The summed E-state index contributed by atoms with van der Waals surface area (Å²) < 4.78 is 16.4. The normalized spacial score (nSPS) is 24.1. The SMILES string of the molecule is CC(C)(C)OC=O.CC[C@H]1C[C@]1(C)NC(=O)C1C[C@@H](OCc2cccc3ccccc23)CN1C(=O)OC(C)(C)C. The van der Waals surface area contributed by atoms with E-state index in [1.165, 1.54) is 5.39 Å². The first-order valence-electron chi connectivity index (χ1n) is 14.2. The van der Waals surface area contributed by atoms with Gasteiger partial charge >= 0.3 is 6.09 Å².